The number of halogens is 1. The minimum atomic E-state index is -1.35. The van der Waals surface area contributed by atoms with E-state index in [1.54, 1.807) is 36.4 Å². The summed E-state index contributed by atoms with van der Waals surface area (Å²) in [6, 6.07) is 13.8. The number of nitrogens with zero attached hydrogens (tertiary/aromatic N) is 3. The molecule has 0 spiro atoms. The molecule has 36 heavy (non-hydrogen) atoms. The molecule has 186 valence electrons. The quantitative estimate of drug-likeness (QED) is 0.425. The van der Waals surface area contributed by atoms with Crippen LogP contribution >= 0.6 is 0 Å². The summed E-state index contributed by atoms with van der Waals surface area (Å²) in [5.74, 6) is -0.0699. The molecule has 1 aliphatic rings. The average molecular weight is 490 g/mol. The Hall–Kier alpha value is -3.62. The molecule has 2 atom stereocenters. The van der Waals surface area contributed by atoms with Crippen molar-refractivity contribution in [3.05, 3.63) is 71.8 Å². The summed E-state index contributed by atoms with van der Waals surface area (Å²) < 4.78 is 27.2. The molecule has 1 saturated heterocycles. The van der Waals surface area contributed by atoms with Crippen LogP contribution in [0.1, 0.15) is 43.6 Å². The summed E-state index contributed by atoms with van der Waals surface area (Å²) in [4.78, 5) is 23.4. The zero-order valence-electron chi connectivity index (χ0n) is 20.7. The SMILES string of the molecule is C[C@@H]1CN(C(=O)c2ccc(-c3cc4ncnc(-c5cccc(C(C)(C)O)c5F)c4o3)cc2)C[C@@H](C)O1. The molecular weight excluding hydrogens is 461 g/mol. The van der Waals surface area contributed by atoms with Gasteiger partial charge in [-0.15, -0.1) is 0 Å². The number of carbonyl (C=O) groups excluding carboxylic acids is 1. The number of furan rings is 1. The Labute approximate surface area is 208 Å². The first kappa shape index (κ1) is 24.1. The number of amides is 1. The second kappa shape index (κ2) is 9.11. The number of rotatable bonds is 4. The van der Waals surface area contributed by atoms with Gasteiger partial charge in [0.05, 0.1) is 17.8 Å². The monoisotopic (exact) mass is 489 g/mol. The molecule has 0 saturated carbocycles. The second-order valence-corrected chi connectivity index (χ2v) is 9.82. The van der Waals surface area contributed by atoms with E-state index in [-0.39, 0.29) is 29.2 Å². The maximum absolute atomic E-state index is 15.3. The highest BCUT2D eigenvalue weighted by atomic mass is 19.1. The van der Waals surface area contributed by atoms with Crippen molar-refractivity contribution >= 4 is 17.0 Å². The summed E-state index contributed by atoms with van der Waals surface area (Å²) in [5.41, 5.74) is 1.55. The molecule has 3 heterocycles. The molecule has 1 amide bonds. The number of hydrogen-bond donors (Lipinski definition) is 1. The standard InChI is InChI=1S/C28H28FN3O4/c1-16-13-32(14-17(2)35-16)27(33)19-10-8-18(9-11-19)23-12-22-26(36-23)25(31-15-30-22)20-6-5-7-21(24(20)29)28(3,4)34/h5-12,15-17,34H,13-14H2,1-4H3/t16-,17-/m1/s1. The van der Waals surface area contributed by atoms with Gasteiger partial charge in [0.2, 0.25) is 0 Å². The van der Waals surface area contributed by atoms with E-state index >= 15 is 4.39 Å². The number of carbonyl (C=O) groups is 1. The third kappa shape index (κ3) is 4.50. The molecule has 0 bridgehead atoms. The number of fused-ring (bicyclic) bond motifs is 1. The molecule has 0 aliphatic carbocycles. The Balaban J connectivity index is 1.47. The third-order valence-corrected chi connectivity index (χ3v) is 6.35. The van der Waals surface area contributed by atoms with E-state index in [0.29, 0.717) is 41.2 Å². The van der Waals surface area contributed by atoms with E-state index in [4.69, 9.17) is 9.15 Å². The summed E-state index contributed by atoms with van der Waals surface area (Å²) in [5, 5.41) is 10.3. The Kier molecular flexibility index (Phi) is 6.10. The van der Waals surface area contributed by atoms with E-state index in [0.717, 1.165) is 5.56 Å². The van der Waals surface area contributed by atoms with Crippen LogP contribution in [-0.4, -0.2) is 51.2 Å². The van der Waals surface area contributed by atoms with Gasteiger partial charge in [0.25, 0.3) is 5.91 Å². The van der Waals surface area contributed by atoms with E-state index in [2.05, 4.69) is 9.97 Å². The number of benzene rings is 2. The molecule has 1 aliphatic heterocycles. The first-order valence-electron chi connectivity index (χ1n) is 11.9. The highest BCUT2D eigenvalue weighted by Gasteiger charge is 2.27. The summed E-state index contributed by atoms with van der Waals surface area (Å²) in [7, 11) is 0. The fourth-order valence-corrected chi connectivity index (χ4v) is 4.68. The lowest BCUT2D eigenvalue weighted by Gasteiger charge is -2.35. The van der Waals surface area contributed by atoms with Gasteiger partial charge in [-0.2, -0.15) is 0 Å². The van der Waals surface area contributed by atoms with Crippen molar-refractivity contribution in [2.45, 2.75) is 45.5 Å². The topological polar surface area (TPSA) is 88.7 Å². The molecule has 2 aromatic heterocycles. The van der Waals surface area contributed by atoms with Crippen molar-refractivity contribution in [3.63, 3.8) is 0 Å². The molecule has 8 heteroatoms. The van der Waals surface area contributed by atoms with Crippen molar-refractivity contribution in [1.29, 1.82) is 0 Å². The van der Waals surface area contributed by atoms with Gasteiger partial charge in [-0.05, 0) is 45.9 Å². The van der Waals surface area contributed by atoms with Gasteiger partial charge < -0.3 is 19.2 Å². The van der Waals surface area contributed by atoms with Crippen LogP contribution in [0.15, 0.2) is 59.3 Å². The average Bonchev–Trinajstić information content (AvgIpc) is 3.27. The zero-order chi connectivity index (χ0) is 25.6. The Morgan fingerprint density at radius 3 is 2.44 bits per heavy atom. The summed E-state index contributed by atoms with van der Waals surface area (Å²) >= 11 is 0. The largest absolute Gasteiger partial charge is 0.452 e. The van der Waals surface area contributed by atoms with E-state index < -0.39 is 11.4 Å². The van der Waals surface area contributed by atoms with Crippen LogP contribution in [0.4, 0.5) is 4.39 Å². The number of aliphatic hydroxyl groups is 1. The molecule has 5 rings (SSSR count). The first-order chi connectivity index (χ1) is 17.1. The predicted molar refractivity (Wildman–Crippen MR) is 134 cm³/mol. The Morgan fingerprint density at radius 1 is 1.08 bits per heavy atom. The van der Waals surface area contributed by atoms with Crippen LogP contribution in [0.25, 0.3) is 33.7 Å². The lowest BCUT2D eigenvalue weighted by molar-refractivity contribution is -0.0586. The van der Waals surface area contributed by atoms with Gasteiger partial charge in [-0.1, -0.05) is 24.3 Å². The van der Waals surface area contributed by atoms with E-state index in [1.165, 1.54) is 20.2 Å². The fraction of sp³-hybridized carbons (Fsp3) is 0.321. The maximum atomic E-state index is 15.3. The number of morpholine rings is 1. The first-order valence-corrected chi connectivity index (χ1v) is 11.9. The third-order valence-electron chi connectivity index (χ3n) is 6.35. The smallest absolute Gasteiger partial charge is 0.254 e. The van der Waals surface area contributed by atoms with Gasteiger partial charge in [0, 0.05) is 41.4 Å². The van der Waals surface area contributed by atoms with Gasteiger partial charge in [0.1, 0.15) is 29.1 Å². The number of ether oxygens (including phenoxy) is 1. The van der Waals surface area contributed by atoms with Gasteiger partial charge in [-0.3, -0.25) is 4.79 Å². The summed E-state index contributed by atoms with van der Waals surface area (Å²) in [6.45, 7) is 8.10. The normalized spacial score (nSPS) is 18.6. The molecule has 0 radical (unpaired) electrons. The van der Waals surface area contributed by atoms with Gasteiger partial charge in [0.15, 0.2) is 5.58 Å². The predicted octanol–water partition coefficient (Wildman–Crippen LogP) is 5.17. The lowest BCUT2D eigenvalue weighted by atomic mass is 9.94. The molecule has 1 fully saturated rings. The lowest BCUT2D eigenvalue weighted by Crippen LogP contribution is -2.48. The van der Waals surface area contributed by atoms with E-state index in [9.17, 15) is 9.90 Å². The van der Waals surface area contributed by atoms with Crippen molar-refractivity contribution in [2.24, 2.45) is 0 Å². The highest BCUT2D eigenvalue weighted by Crippen LogP contribution is 2.36. The van der Waals surface area contributed by atoms with Crippen LogP contribution < -0.4 is 0 Å². The summed E-state index contributed by atoms with van der Waals surface area (Å²) in [6.07, 6.45) is 1.35. The van der Waals surface area contributed by atoms with Gasteiger partial charge in [-0.25, -0.2) is 14.4 Å². The van der Waals surface area contributed by atoms with Crippen molar-refractivity contribution in [1.82, 2.24) is 14.9 Å². The Morgan fingerprint density at radius 2 is 1.78 bits per heavy atom. The van der Waals surface area contributed by atoms with Gasteiger partial charge >= 0.3 is 0 Å². The molecule has 0 unspecified atom stereocenters. The van der Waals surface area contributed by atoms with Crippen LogP contribution in [-0.2, 0) is 10.3 Å². The van der Waals surface area contributed by atoms with E-state index in [1.807, 2.05) is 30.9 Å². The zero-order valence-corrected chi connectivity index (χ0v) is 20.7. The minimum absolute atomic E-state index is 0.00296. The van der Waals surface area contributed by atoms with Crippen LogP contribution in [0.3, 0.4) is 0 Å². The van der Waals surface area contributed by atoms with Crippen molar-refractivity contribution < 1.29 is 23.4 Å². The molecule has 4 aromatic rings. The van der Waals surface area contributed by atoms with Crippen LogP contribution in [0.2, 0.25) is 0 Å². The highest BCUT2D eigenvalue weighted by molar-refractivity contribution is 5.95. The van der Waals surface area contributed by atoms with Crippen molar-refractivity contribution in [3.8, 4) is 22.6 Å². The minimum Gasteiger partial charge on any atom is -0.452 e. The van der Waals surface area contributed by atoms with Crippen LogP contribution in [0, 0.1) is 5.82 Å². The van der Waals surface area contributed by atoms with Crippen LogP contribution in [0.5, 0.6) is 0 Å². The fourth-order valence-electron chi connectivity index (χ4n) is 4.68. The number of aromatic nitrogens is 2. The Bertz CT molecular complexity index is 1420. The van der Waals surface area contributed by atoms with Crippen molar-refractivity contribution in [2.75, 3.05) is 13.1 Å². The second-order valence-electron chi connectivity index (χ2n) is 9.82. The number of hydrogen-bond acceptors (Lipinski definition) is 6. The maximum Gasteiger partial charge on any atom is 0.254 e. The molecule has 1 N–H and O–H groups in total. The molecule has 2 aromatic carbocycles. The molecular formula is C28H28FN3O4. The molecule has 7 nitrogen and oxygen atoms in total.